The summed E-state index contributed by atoms with van der Waals surface area (Å²) in [6.45, 7) is 8.29. The number of halogens is 1. The van der Waals surface area contributed by atoms with Crippen LogP contribution in [-0.4, -0.2) is 17.5 Å². The first kappa shape index (κ1) is 13.8. The van der Waals surface area contributed by atoms with Gasteiger partial charge in [0.15, 0.2) is 0 Å². The topological polar surface area (TPSA) is 26.3 Å². The molecule has 2 nitrogen and oxygen atoms in total. The van der Waals surface area contributed by atoms with Gasteiger partial charge in [0, 0.05) is 0 Å². The molecule has 0 spiro atoms. The zero-order valence-corrected chi connectivity index (χ0v) is 11.5. The summed E-state index contributed by atoms with van der Waals surface area (Å²) in [6.07, 6.45) is 3.45. The van der Waals surface area contributed by atoms with E-state index in [0.29, 0.717) is 17.8 Å². The summed E-state index contributed by atoms with van der Waals surface area (Å²) in [6, 6.07) is 0. The van der Waals surface area contributed by atoms with Crippen LogP contribution in [0.1, 0.15) is 47.0 Å². The summed E-state index contributed by atoms with van der Waals surface area (Å²) < 4.78 is 5.53. The molecule has 0 saturated heterocycles. The summed E-state index contributed by atoms with van der Waals surface area (Å²) in [5.41, 5.74) is 0. The van der Waals surface area contributed by atoms with Crippen molar-refractivity contribution in [1.82, 2.24) is 0 Å². The lowest BCUT2D eigenvalue weighted by molar-refractivity contribution is -0.155. The molecule has 0 aliphatic heterocycles. The Hall–Kier alpha value is -0.240. The SMILES string of the molecule is CC(Cl)C(=O)O[C@@H]1C[C@H](C)CC[C@H]1C(C)C. The molecule has 0 aromatic rings. The molecule has 0 heterocycles. The Morgan fingerprint density at radius 1 is 1.31 bits per heavy atom. The fourth-order valence-electron chi connectivity index (χ4n) is 2.49. The van der Waals surface area contributed by atoms with Crippen LogP contribution >= 0.6 is 11.6 Å². The first-order valence-electron chi connectivity index (χ1n) is 6.26. The van der Waals surface area contributed by atoms with Crippen LogP contribution in [0.15, 0.2) is 0 Å². The third-order valence-corrected chi connectivity index (χ3v) is 3.73. The average Bonchev–Trinajstić information content (AvgIpc) is 2.16. The predicted octanol–water partition coefficient (Wildman–Crippen LogP) is 3.62. The van der Waals surface area contributed by atoms with Crippen molar-refractivity contribution in [3.05, 3.63) is 0 Å². The molecule has 94 valence electrons. The van der Waals surface area contributed by atoms with Crippen molar-refractivity contribution in [2.45, 2.75) is 58.4 Å². The van der Waals surface area contributed by atoms with Gasteiger partial charge in [0.25, 0.3) is 0 Å². The first-order valence-corrected chi connectivity index (χ1v) is 6.70. The number of hydrogen-bond donors (Lipinski definition) is 0. The fourth-order valence-corrected chi connectivity index (χ4v) is 2.54. The normalized spacial score (nSPS) is 32.5. The van der Waals surface area contributed by atoms with E-state index < -0.39 is 5.38 Å². The van der Waals surface area contributed by atoms with E-state index in [-0.39, 0.29) is 12.1 Å². The van der Waals surface area contributed by atoms with Gasteiger partial charge in [-0.15, -0.1) is 11.6 Å². The molecular weight excluding hydrogens is 224 g/mol. The van der Waals surface area contributed by atoms with Gasteiger partial charge in [0.05, 0.1) is 0 Å². The first-order chi connectivity index (χ1) is 7.41. The maximum Gasteiger partial charge on any atom is 0.324 e. The number of carbonyl (C=O) groups is 1. The molecule has 0 amide bonds. The summed E-state index contributed by atoms with van der Waals surface area (Å²) in [4.78, 5) is 11.5. The molecule has 0 bridgehead atoms. The van der Waals surface area contributed by atoms with Crippen LogP contribution < -0.4 is 0 Å². The van der Waals surface area contributed by atoms with Crippen LogP contribution in [0.2, 0.25) is 0 Å². The van der Waals surface area contributed by atoms with Crippen LogP contribution in [0.4, 0.5) is 0 Å². The molecule has 0 N–H and O–H groups in total. The second-order valence-electron chi connectivity index (χ2n) is 5.42. The van der Waals surface area contributed by atoms with Gasteiger partial charge in [-0.25, -0.2) is 0 Å². The summed E-state index contributed by atoms with van der Waals surface area (Å²) in [5, 5.41) is -0.537. The lowest BCUT2D eigenvalue weighted by Crippen LogP contribution is -2.37. The summed E-state index contributed by atoms with van der Waals surface area (Å²) >= 11 is 5.74. The molecule has 3 heteroatoms. The van der Waals surface area contributed by atoms with Crippen LogP contribution in [-0.2, 0) is 9.53 Å². The zero-order chi connectivity index (χ0) is 12.3. The zero-order valence-electron chi connectivity index (χ0n) is 10.7. The van der Waals surface area contributed by atoms with Crippen molar-refractivity contribution >= 4 is 17.6 Å². The highest BCUT2D eigenvalue weighted by atomic mass is 35.5. The van der Waals surface area contributed by atoms with Gasteiger partial charge in [-0.3, -0.25) is 4.79 Å². The fraction of sp³-hybridized carbons (Fsp3) is 0.923. The van der Waals surface area contributed by atoms with Crippen molar-refractivity contribution in [3.63, 3.8) is 0 Å². The third kappa shape index (κ3) is 3.65. The van der Waals surface area contributed by atoms with Gasteiger partial charge in [-0.2, -0.15) is 0 Å². The van der Waals surface area contributed by atoms with Crippen molar-refractivity contribution in [1.29, 1.82) is 0 Å². The number of esters is 1. The van der Waals surface area contributed by atoms with Gasteiger partial charge in [0.1, 0.15) is 11.5 Å². The average molecular weight is 247 g/mol. The maximum absolute atomic E-state index is 11.5. The van der Waals surface area contributed by atoms with E-state index in [1.807, 2.05) is 0 Å². The Bertz CT molecular complexity index is 238. The number of hydrogen-bond acceptors (Lipinski definition) is 2. The minimum Gasteiger partial charge on any atom is -0.461 e. The molecule has 4 atom stereocenters. The van der Waals surface area contributed by atoms with Gasteiger partial charge >= 0.3 is 5.97 Å². The quantitative estimate of drug-likeness (QED) is 0.562. The van der Waals surface area contributed by atoms with E-state index >= 15 is 0 Å². The second-order valence-corrected chi connectivity index (χ2v) is 6.07. The molecular formula is C13H23ClO2. The minimum atomic E-state index is -0.537. The Labute approximate surface area is 104 Å². The molecule has 1 aliphatic carbocycles. The van der Waals surface area contributed by atoms with Crippen molar-refractivity contribution in [2.24, 2.45) is 17.8 Å². The molecule has 0 aromatic heterocycles. The molecule has 1 unspecified atom stereocenters. The highest BCUT2D eigenvalue weighted by Gasteiger charge is 2.33. The van der Waals surface area contributed by atoms with Gasteiger partial charge < -0.3 is 4.74 Å². The van der Waals surface area contributed by atoms with E-state index in [0.717, 1.165) is 12.8 Å². The Kier molecular flexibility index (Phi) is 5.10. The van der Waals surface area contributed by atoms with E-state index in [9.17, 15) is 4.79 Å². The van der Waals surface area contributed by atoms with Crippen molar-refractivity contribution < 1.29 is 9.53 Å². The van der Waals surface area contributed by atoms with Gasteiger partial charge in [-0.1, -0.05) is 27.2 Å². The summed E-state index contributed by atoms with van der Waals surface area (Å²) in [7, 11) is 0. The molecule has 16 heavy (non-hydrogen) atoms. The smallest absolute Gasteiger partial charge is 0.324 e. The molecule has 1 fully saturated rings. The number of alkyl halides is 1. The molecule has 1 rings (SSSR count). The van der Waals surface area contributed by atoms with Crippen LogP contribution in [0.25, 0.3) is 0 Å². The highest BCUT2D eigenvalue weighted by Crippen LogP contribution is 2.35. The monoisotopic (exact) mass is 246 g/mol. The Morgan fingerprint density at radius 2 is 1.94 bits per heavy atom. The van der Waals surface area contributed by atoms with E-state index in [1.54, 1.807) is 6.92 Å². The van der Waals surface area contributed by atoms with Gasteiger partial charge in [0.2, 0.25) is 0 Å². The van der Waals surface area contributed by atoms with E-state index in [1.165, 1.54) is 6.42 Å². The number of ether oxygens (including phenoxy) is 1. The number of carbonyl (C=O) groups excluding carboxylic acids is 1. The standard InChI is InChI=1S/C13H23ClO2/c1-8(2)11-6-5-9(3)7-12(11)16-13(15)10(4)14/h8-12H,5-7H2,1-4H3/t9-,10?,11+,12-/m1/s1. The van der Waals surface area contributed by atoms with Crippen LogP contribution in [0.5, 0.6) is 0 Å². The molecule has 0 aromatic carbocycles. The highest BCUT2D eigenvalue weighted by molar-refractivity contribution is 6.29. The lowest BCUT2D eigenvalue weighted by atomic mass is 9.75. The van der Waals surface area contributed by atoms with E-state index in [4.69, 9.17) is 16.3 Å². The number of rotatable bonds is 3. The molecule has 1 aliphatic rings. The van der Waals surface area contributed by atoms with Crippen LogP contribution in [0, 0.1) is 17.8 Å². The van der Waals surface area contributed by atoms with E-state index in [2.05, 4.69) is 20.8 Å². The molecule has 1 saturated carbocycles. The summed E-state index contributed by atoms with van der Waals surface area (Å²) in [5.74, 6) is 1.44. The third-order valence-electron chi connectivity index (χ3n) is 3.55. The van der Waals surface area contributed by atoms with Crippen molar-refractivity contribution in [3.8, 4) is 0 Å². The minimum absolute atomic E-state index is 0.0671. The Morgan fingerprint density at radius 3 is 2.44 bits per heavy atom. The maximum atomic E-state index is 11.5. The Balaban J connectivity index is 2.61. The van der Waals surface area contributed by atoms with Gasteiger partial charge in [-0.05, 0) is 37.5 Å². The largest absolute Gasteiger partial charge is 0.461 e. The van der Waals surface area contributed by atoms with Crippen LogP contribution in [0.3, 0.4) is 0 Å². The lowest BCUT2D eigenvalue weighted by Gasteiger charge is -2.36. The second kappa shape index (κ2) is 5.90. The van der Waals surface area contributed by atoms with Crippen molar-refractivity contribution in [2.75, 3.05) is 0 Å². The predicted molar refractivity (Wildman–Crippen MR) is 66.5 cm³/mol. The molecule has 0 radical (unpaired) electrons.